The molecule has 0 spiro atoms. The topological polar surface area (TPSA) is 62.1 Å². The molecule has 4 heteroatoms. The molecule has 4 nitrogen and oxygen atoms in total. The van der Waals surface area contributed by atoms with E-state index in [2.05, 4.69) is 19.2 Å². The van der Waals surface area contributed by atoms with Crippen LogP contribution in [-0.4, -0.2) is 12.5 Å². The Morgan fingerprint density at radius 1 is 1.15 bits per heavy atom. The van der Waals surface area contributed by atoms with Crippen molar-refractivity contribution >= 4 is 17.7 Å². The molecule has 134 valence electrons. The zero-order valence-corrected chi connectivity index (χ0v) is 15.7. The molecule has 0 atom stereocenters. The maximum Gasteiger partial charge on any atom is 0.266 e. The van der Waals surface area contributed by atoms with Gasteiger partial charge < -0.3 is 10.1 Å². The molecule has 2 aromatic carbocycles. The summed E-state index contributed by atoms with van der Waals surface area (Å²) in [5.74, 6) is 0.806. The minimum absolute atomic E-state index is 0.0556. The lowest BCUT2D eigenvalue weighted by Gasteiger charge is -2.09. The summed E-state index contributed by atoms with van der Waals surface area (Å²) in [5, 5.41) is 12.1. The molecule has 0 aliphatic rings. The van der Waals surface area contributed by atoms with Gasteiger partial charge in [0.25, 0.3) is 5.91 Å². The summed E-state index contributed by atoms with van der Waals surface area (Å²) in [6.07, 6.45) is 1.57. The van der Waals surface area contributed by atoms with Crippen LogP contribution in [0, 0.1) is 31.1 Å². The quantitative estimate of drug-likeness (QED) is 0.597. The minimum Gasteiger partial charge on any atom is -0.493 e. The summed E-state index contributed by atoms with van der Waals surface area (Å²) in [6, 6.07) is 15.1. The molecule has 0 heterocycles. The van der Waals surface area contributed by atoms with Gasteiger partial charge in [-0.25, -0.2) is 0 Å². The molecule has 1 amide bonds. The van der Waals surface area contributed by atoms with E-state index in [-0.39, 0.29) is 5.57 Å². The Hall–Kier alpha value is -3.06. The molecule has 0 bridgehead atoms. The summed E-state index contributed by atoms with van der Waals surface area (Å²) in [7, 11) is 0. The van der Waals surface area contributed by atoms with Gasteiger partial charge in [-0.3, -0.25) is 4.79 Å². The number of carbonyl (C=O) groups is 1. The third kappa shape index (κ3) is 5.78. The molecule has 0 aromatic heterocycles. The van der Waals surface area contributed by atoms with Crippen LogP contribution in [0.5, 0.6) is 5.75 Å². The molecule has 2 rings (SSSR count). The molecule has 0 aliphatic carbocycles. The predicted molar refractivity (Wildman–Crippen MR) is 105 cm³/mol. The number of nitrogens with one attached hydrogen (secondary N) is 1. The van der Waals surface area contributed by atoms with Crippen LogP contribution >= 0.6 is 0 Å². The minimum atomic E-state index is -0.419. The molecule has 0 saturated carbocycles. The summed E-state index contributed by atoms with van der Waals surface area (Å²) in [5.41, 5.74) is 3.62. The highest BCUT2D eigenvalue weighted by molar-refractivity contribution is 6.09. The Labute approximate surface area is 155 Å². The van der Waals surface area contributed by atoms with Crippen LogP contribution in [0.1, 0.15) is 30.5 Å². The standard InChI is InChI=1S/C22H24N2O2/c1-15(2)14-26-21-7-5-18(6-8-21)12-19(13-23)22(25)24-20-10-16(3)9-17(4)11-20/h5-12,15H,14H2,1-4H3,(H,24,25)/b19-12+. The average Bonchev–Trinajstić information content (AvgIpc) is 2.57. The van der Waals surface area contributed by atoms with Gasteiger partial charge in [0.05, 0.1) is 6.61 Å². The van der Waals surface area contributed by atoms with Gasteiger partial charge >= 0.3 is 0 Å². The highest BCUT2D eigenvalue weighted by atomic mass is 16.5. The molecular weight excluding hydrogens is 324 g/mol. The largest absolute Gasteiger partial charge is 0.493 e. The van der Waals surface area contributed by atoms with Crippen LogP contribution in [-0.2, 0) is 4.79 Å². The third-order valence-corrected chi connectivity index (χ3v) is 3.62. The lowest BCUT2D eigenvalue weighted by molar-refractivity contribution is -0.112. The van der Waals surface area contributed by atoms with Crippen LogP contribution in [0.2, 0.25) is 0 Å². The maximum absolute atomic E-state index is 12.4. The first-order valence-electron chi connectivity index (χ1n) is 8.61. The van der Waals surface area contributed by atoms with Gasteiger partial charge in [0, 0.05) is 5.69 Å². The van der Waals surface area contributed by atoms with Crippen molar-refractivity contribution in [3.63, 3.8) is 0 Å². The van der Waals surface area contributed by atoms with Gasteiger partial charge in [0.2, 0.25) is 0 Å². The van der Waals surface area contributed by atoms with Crippen molar-refractivity contribution in [1.29, 1.82) is 5.26 Å². The first-order valence-corrected chi connectivity index (χ1v) is 8.61. The van der Waals surface area contributed by atoms with E-state index in [1.807, 2.05) is 62.4 Å². The lowest BCUT2D eigenvalue weighted by Crippen LogP contribution is -2.13. The van der Waals surface area contributed by atoms with E-state index in [0.717, 1.165) is 22.4 Å². The van der Waals surface area contributed by atoms with E-state index < -0.39 is 5.91 Å². The van der Waals surface area contributed by atoms with Crippen molar-refractivity contribution in [3.05, 3.63) is 64.7 Å². The Morgan fingerprint density at radius 3 is 2.31 bits per heavy atom. The van der Waals surface area contributed by atoms with E-state index in [9.17, 15) is 10.1 Å². The first kappa shape index (κ1) is 19.3. The second kappa shape index (κ2) is 8.87. The van der Waals surface area contributed by atoms with Gasteiger partial charge in [0.1, 0.15) is 17.4 Å². The van der Waals surface area contributed by atoms with Crippen molar-refractivity contribution < 1.29 is 9.53 Å². The number of amides is 1. The Bertz CT molecular complexity index is 823. The smallest absolute Gasteiger partial charge is 0.266 e. The van der Waals surface area contributed by atoms with E-state index in [4.69, 9.17) is 4.74 Å². The molecule has 2 aromatic rings. The van der Waals surface area contributed by atoms with Crippen LogP contribution in [0.3, 0.4) is 0 Å². The van der Waals surface area contributed by atoms with E-state index >= 15 is 0 Å². The Kier molecular flexibility index (Phi) is 6.57. The number of anilines is 1. The van der Waals surface area contributed by atoms with E-state index in [1.165, 1.54) is 0 Å². The highest BCUT2D eigenvalue weighted by Crippen LogP contribution is 2.17. The number of carbonyl (C=O) groups excluding carboxylic acids is 1. The molecule has 0 radical (unpaired) electrons. The molecule has 0 saturated heterocycles. The second-order valence-corrected chi connectivity index (χ2v) is 6.77. The SMILES string of the molecule is Cc1cc(C)cc(NC(=O)/C(C#N)=C/c2ccc(OCC(C)C)cc2)c1. The summed E-state index contributed by atoms with van der Waals surface area (Å²) in [4.78, 5) is 12.4. The number of benzene rings is 2. The predicted octanol–water partition coefficient (Wildman–Crippen LogP) is 4.88. The monoisotopic (exact) mass is 348 g/mol. The zero-order chi connectivity index (χ0) is 19.1. The van der Waals surface area contributed by atoms with Crippen LogP contribution in [0.4, 0.5) is 5.69 Å². The van der Waals surface area contributed by atoms with E-state index in [0.29, 0.717) is 18.2 Å². The van der Waals surface area contributed by atoms with Crippen molar-refractivity contribution in [2.24, 2.45) is 5.92 Å². The second-order valence-electron chi connectivity index (χ2n) is 6.77. The molecular formula is C22H24N2O2. The van der Waals surface area contributed by atoms with Crippen LogP contribution < -0.4 is 10.1 Å². The van der Waals surface area contributed by atoms with Crippen molar-refractivity contribution in [2.75, 3.05) is 11.9 Å². The molecule has 1 N–H and O–H groups in total. The normalized spacial score (nSPS) is 11.2. The zero-order valence-electron chi connectivity index (χ0n) is 15.7. The number of ether oxygens (including phenoxy) is 1. The number of nitrogens with zero attached hydrogens (tertiary/aromatic N) is 1. The van der Waals surface area contributed by atoms with Gasteiger partial charge in [0.15, 0.2) is 0 Å². The maximum atomic E-state index is 12.4. The molecule has 0 fully saturated rings. The van der Waals surface area contributed by atoms with Gasteiger partial charge in [-0.1, -0.05) is 32.0 Å². The highest BCUT2D eigenvalue weighted by Gasteiger charge is 2.10. The summed E-state index contributed by atoms with van der Waals surface area (Å²) < 4.78 is 5.64. The average molecular weight is 348 g/mol. The Balaban J connectivity index is 2.11. The number of hydrogen-bond donors (Lipinski definition) is 1. The number of aryl methyl sites for hydroxylation is 2. The molecule has 0 unspecified atom stereocenters. The summed E-state index contributed by atoms with van der Waals surface area (Å²) in [6.45, 7) is 8.76. The Morgan fingerprint density at radius 2 is 1.77 bits per heavy atom. The van der Waals surface area contributed by atoms with E-state index in [1.54, 1.807) is 6.08 Å². The number of hydrogen-bond acceptors (Lipinski definition) is 3. The molecule has 26 heavy (non-hydrogen) atoms. The van der Waals surface area contributed by atoms with Crippen molar-refractivity contribution in [1.82, 2.24) is 0 Å². The van der Waals surface area contributed by atoms with Crippen LogP contribution in [0.15, 0.2) is 48.0 Å². The van der Waals surface area contributed by atoms with Crippen LogP contribution in [0.25, 0.3) is 6.08 Å². The van der Waals surface area contributed by atoms with Gasteiger partial charge in [-0.05, 0) is 66.8 Å². The summed E-state index contributed by atoms with van der Waals surface area (Å²) >= 11 is 0. The fourth-order valence-corrected chi connectivity index (χ4v) is 2.48. The van der Waals surface area contributed by atoms with Gasteiger partial charge in [-0.15, -0.1) is 0 Å². The lowest BCUT2D eigenvalue weighted by atomic mass is 10.1. The van der Waals surface area contributed by atoms with Crippen molar-refractivity contribution in [3.8, 4) is 11.8 Å². The molecule has 0 aliphatic heterocycles. The number of nitriles is 1. The fourth-order valence-electron chi connectivity index (χ4n) is 2.48. The fraction of sp³-hybridized carbons (Fsp3) is 0.273. The van der Waals surface area contributed by atoms with Crippen molar-refractivity contribution in [2.45, 2.75) is 27.7 Å². The first-order chi connectivity index (χ1) is 12.4. The third-order valence-electron chi connectivity index (χ3n) is 3.62. The number of rotatable bonds is 6. The van der Waals surface area contributed by atoms with Gasteiger partial charge in [-0.2, -0.15) is 5.26 Å².